The molecule has 204 valence electrons. The Bertz CT molecular complexity index is 1350. The van der Waals surface area contributed by atoms with Gasteiger partial charge in [0.05, 0.1) is 30.0 Å². The van der Waals surface area contributed by atoms with Crippen molar-refractivity contribution < 1.29 is 29.3 Å². The zero-order valence-corrected chi connectivity index (χ0v) is 21.8. The number of fused-ring (bicyclic) bond motifs is 1. The van der Waals surface area contributed by atoms with Crippen LogP contribution in [0.4, 0.5) is 0 Å². The van der Waals surface area contributed by atoms with E-state index >= 15 is 0 Å². The fourth-order valence-electron chi connectivity index (χ4n) is 4.89. The number of likely N-dealkylation sites (tertiary alicyclic amines) is 1. The van der Waals surface area contributed by atoms with Crippen molar-refractivity contribution in [1.82, 2.24) is 9.63 Å². The number of rotatable bonds is 11. The molecule has 4 aromatic rings. The predicted octanol–water partition coefficient (Wildman–Crippen LogP) is 3.93. The third kappa shape index (κ3) is 6.78. The quantitative estimate of drug-likeness (QED) is 0.304. The lowest BCUT2D eigenvalue weighted by Crippen LogP contribution is -2.41. The highest BCUT2D eigenvalue weighted by Gasteiger charge is 2.22. The molecule has 8 heteroatoms. The molecule has 39 heavy (non-hydrogen) atoms. The van der Waals surface area contributed by atoms with Gasteiger partial charge in [0.15, 0.2) is 0 Å². The van der Waals surface area contributed by atoms with Gasteiger partial charge in [-0.05, 0) is 74.3 Å². The number of aromatic nitrogens is 1. The summed E-state index contributed by atoms with van der Waals surface area (Å²) in [4.78, 5) is 20.5. The molecule has 0 saturated carbocycles. The number of para-hydroxylation sites is 1. The zero-order valence-electron chi connectivity index (χ0n) is 21.8. The molecule has 8 nitrogen and oxygen atoms in total. The third-order valence-electron chi connectivity index (χ3n) is 7.02. The maximum atomic E-state index is 12.6. The van der Waals surface area contributed by atoms with Crippen LogP contribution in [0.3, 0.4) is 0 Å². The van der Waals surface area contributed by atoms with Crippen LogP contribution < -0.4 is 14.3 Å². The molecule has 1 fully saturated rings. The van der Waals surface area contributed by atoms with E-state index in [0.29, 0.717) is 47.0 Å². The summed E-state index contributed by atoms with van der Waals surface area (Å²) in [6.07, 6.45) is 1.39. The minimum Gasteiger partial charge on any atom is -0.493 e. The molecule has 2 N–H and O–H groups in total. The van der Waals surface area contributed by atoms with E-state index in [4.69, 9.17) is 14.3 Å². The number of nitrogens with zero attached hydrogens (tertiary/aromatic N) is 2. The van der Waals surface area contributed by atoms with Gasteiger partial charge in [-0.3, -0.25) is 0 Å². The second kappa shape index (κ2) is 12.8. The maximum absolute atomic E-state index is 12.6. The van der Waals surface area contributed by atoms with Gasteiger partial charge in [-0.1, -0.05) is 42.5 Å². The first-order chi connectivity index (χ1) is 19.1. The second-order valence-corrected chi connectivity index (χ2v) is 9.85. The topological polar surface area (TPSA) is 93.4 Å². The molecule has 1 unspecified atom stereocenters. The molecule has 1 aliphatic rings. The summed E-state index contributed by atoms with van der Waals surface area (Å²) in [7, 11) is 0. The zero-order chi connectivity index (χ0) is 27.0. The minimum atomic E-state index is -0.660. The van der Waals surface area contributed by atoms with Gasteiger partial charge < -0.3 is 29.4 Å². The van der Waals surface area contributed by atoms with Crippen molar-refractivity contribution in [2.24, 2.45) is 5.92 Å². The van der Waals surface area contributed by atoms with E-state index in [-0.39, 0.29) is 13.2 Å². The Morgan fingerprint density at radius 3 is 2.36 bits per heavy atom. The molecule has 0 spiro atoms. The number of ether oxygens (including phenoxy) is 2. The van der Waals surface area contributed by atoms with Crippen LogP contribution in [0.15, 0.2) is 84.9 Å². The number of piperidine rings is 1. The lowest BCUT2D eigenvalue weighted by molar-refractivity contribution is 0.0453. The van der Waals surface area contributed by atoms with Crippen LogP contribution in [0.1, 0.15) is 28.9 Å². The average Bonchev–Trinajstić information content (AvgIpc) is 3.34. The summed E-state index contributed by atoms with van der Waals surface area (Å²) in [5.41, 5.74) is 1.42. The van der Waals surface area contributed by atoms with Crippen LogP contribution in [-0.4, -0.2) is 64.8 Å². The summed E-state index contributed by atoms with van der Waals surface area (Å²) in [5.74, 6) is 1.43. The number of carbonyl (C=O) groups is 1. The van der Waals surface area contributed by atoms with Gasteiger partial charge >= 0.3 is 5.97 Å². The summed E-state index contributed by atoms with van der Waals surface area (Å²) < 4.78 is 13.2. The third-order valence-corrected chi connectivity index (χ3v) is 7.02. The largest absolute Gasteiger partial charge is 0.493 e. The van der Waals surface area contributed by atoms with Gasteiger partial charge in [-0.25, -0.2) is 4.79 Å². The van der Waals surface area contributed by atoms with E-state index in [1.54, 1.807) is 48.5 Å². The number of hydrogen-bond acceptors (Lipinski definition) is 7. The highest BCUT2D eigenvalue weighted by atomic mass is 16.7. The summed E-state index contributed by atoms with van der Waals surface area (Å²) >= 11 is 0. The molecule has 0 radical (unpaired) electrons. The van der Waals surface area contributed by atoms with Crippen LogP contribution in [0.5, 0.6) is 11.5 Å². The van der Waals surface area contributed by atoms with Crippen LogP contribution in [0.2, 0.25) is 0 Å². The molecule has 1 aromatic heterocycles. The smallest absolute Gasteiger partial charge is 0.363 e. The Morgan fingerprint density at radius 1 is 0.923 bits per heavy atom. The highest BCUT2D eigenvalue weighted by Crippen LogP contribution is 2.29. The lowest BCUT2D eigenvalue weighted by atomic mass is 9.97. The monoisotopic (exact) mass is 530 g/mol. The Kier molecular flexibility index (Phi) is 8.78. The first kappa shape index (κ1) is 26.7. The fourth-order valence-corrected chi connectivity index (χ4v) is 4.89. The van der Waals surface area contributed by atoms with Crippen molar-refractivity contribution in [2.75, 3.05) is 32.8 Å². The average molecular weight is 531 g/mol. The van der Waals surface area contributed by atoms with Gasteiger partial charge in [0.2, 0.25) is 0 Å². The van der Waals surface area contributed by atoms with Crippen LogP contribution >= 0.6 is 0 Å². The van der Waals surface area contributed by atoms with E-state index in [1.165, 1.54) is 4.73 Å². The molecule has 2 heterocycles. The van der Waals surface area contributed by atoms with E-state index in [0.717, 1.165) is 31.7 Å². The van der Waals surface area contributed by atoms with Crippen LogP contribution in [-0.2, 0) is 6.61 Å². The van der Waals surface area contributed by atoms with Gasteiger partial charge in [0, 0.05) is 11.9 Å². The highest BCUT2D eigenvalue weighted by molar-refractivity contribution is 5.91. The van der Waals surface area contributed by atoms with Crippen molar-refractivity contribution >= 4 is 16.9 Å². The molecule has 1 saturated heterocycles. The minimum absolute atomic E-state index is 0.125. The molecule has 1 atom stereocenters. The van der Waals surface area contributed by atoms with E-state index in [1.807, 2.05) is 36.4 Å². The predicted molar refractivity (Wildman–Crippen MR) is 148 cm³/mol. The summed E-state index contributed by atoms with van der Waals surface area (Å²) in [6, 6.07) is 25.7. The summed E-state index contributed by atoms with van der Waals surface area (Å²) in [6.45, 7) is 2.87. The maximum Gasteiger partial charge on any atom is 0.363 e. The van der Waals surface area contributed by atoms with Crippen molar-refractivity contribution in [3.05, 3.63) is 96.2 Å². The molecule has 0 bridgehead atoms. The molecule has 0 aliphatic carbocycles. The molecule has 5 rings (SSSR count). The van der Waals surface area contributed by atoms with Crippen molar-refractivity contribution in [2.45, 2.75) is 25.6 Å². The number of β-amino-alcohol motifs (C(OH)–C–C–N with tert-alkyl or cyclic N) is 1. The Labute approximate surface area is 227 Å². The SMILES string of the molecule is O=C(On1c(CO)cc2c(OCC(O)CN3CCC(COc4ccccc4)CC3)cccc21)c1ccccc1. The van der Waals surface area contributed by atoms with E-state index < -0.39 is 12.1 Å². The fraction of sp³-hybridized carbons (Fsp3) is 0.323. The first-order valence-corrected chi connectivity index (χ1v) is 13.3. The normalized spacial score (nSPS) is 15.2. The van der Waals surface area contributed by atoms with E-state index in [2.05, 4.69) is 4.90 Å². The van der Waals surface area contributed by atoms with Crippen molar-refractivity contribution in [1.29, 1.82) is 0 Å². The molecule has 3 aromatic carbocycles. The molecular weight excluding hydrogens is 496 g/mol. The van der Waals surface area contributed by atoms with Gasteiger partial charge in [-0.15, -0.1) is 0 Å². The summed E-state index contributed by atoms with van der Waals surface area (Å²) in [5, 5.41) is 21.3. The lowest BCUT2D eigenvalue weighted by Gasteiger charge is -2.33. The van der Waals surface area contributed by atoms with Gasteiger partial charge in [0.1, 0.15) is 24.2 Å². The Morgan fingerprint density at radius 2 is 1.64 bits per heavy atom. The molecule has 1 aliphatic heterocycles. The first-order valence-electron chi connectivity index (χ1n) is 13.3. The van der Waals surface area contributed by atoms with Crippen LogP contribution in [0, 0.1) is 5.92 Å². The van der Waals surface area contributed by atoms with Crippen molar-refractivity contribution in [3.8, 4) is 11.5 Å². The van der Waals surface area contributed by atoms with Gasteiger partial charge in [-0.2, -0.15) is 4.73 Å². The van der Waals surface area contributed by atoms with Crippen LogP contribution in [0.25, 0.3) is 10.9 Å². The molecular formula is C31H34N2O6. The standard InChI is InChI=1S/C31H34N2O6/c34-20-25-18-28-29(33(25)39-31(36)24-8-3-1-4-9-24)12-7-13-30(28)38-22-26(35)19-32-16-14-23(15-17-32)21-37-27-10-5-2-6-11-27/h1-13,18,23,26,34-35H,14-17,19-22H2. The number of benzene rings is 3. The Hall–Kier alpha value is -3.85. The number of hydrogen-bond donors (Lipinski definition) is 2. The number of aliphatic hydroxyl groups is 2. The van der Waals surface area contributed by atoms with Crippen molar-refractivity contribution in [3.63, 3.8) is 0 Å². The Balaban J connectivity index is 1.14. The van der Waals surface area contributed by atoms with Gasteiger partial charge in [0.25, 0.3) is 0 Å². The molecule has 0 amide bonds. The second-order valence-electron chi connectivity index (χ2n) is 9.85. The van der Waals surface area contributed by atoms with E-state index in [9.17, 15) is 15.0 Å². The number of aliphatic hydroxyl groups excluding tert-OH is 2. The number of carbonyl (C=O) groups excluding carboxylic acids is 1.